The lowest BCUT2D eigenvalue weighted by Gasteiger charge is -2.07. The Morgan fingerprint density at radius 1 is 1.24 bits per heavy atom. The van der Waals surface area contributed by atoms with Crippen molar-refractivity contribution in [1.82, 2.24) is 9.78 Å². The summed E-state index contributed by atoms with van der Waals surface area (Å²) in [5, 5.41) is 7.20. The van der Waals surface area contributed by atoms with Gasteiger partial charge in [-0.15, -0.1) is 0 Å². The number of aromatic nitrogens is 2. The molecule has 1 aromatic carbocycles. The van der Waals surface area contributed by atoms with Crippen LogP contribution in [0.3, 0.4) is 0 Å². The van der Waals surface area contributed by atoms with Crippen molar-refractivity contribution in [3.63, 3.8) is 0 Å². The maximum Gasteiger partial charge on any atom is 0.228 e. The summed E-state index contributed by atoms with van der Waals surface area (Å²) in [7, 11) is 0. The van der Waals surface area contributed by atoms with Gasteiger partial charge in [-0.25, -0.2) is 4.39 Å². The average Bonchev–Trinajstić information content (AvgIpc) is 3.13. The minimum atomic E-state index is -0.247. The third-order valence-corrected chi connectivity index (χ3v) is 3.88. The summed E-state index contributed by atoms with van der Waals surface area (Å²) >= 11 is 0. The number of hydrogen-bond donors (Lipinski definition) is 1. The minimum Gasteiger partial charge on any atom is -0.309 e. The number of nitrogens with zero attached hydrogens (tertiary/aromatic N) is 2. The molecule has 0 bridgehead atoms. The van der Waals surface area contributed by atoms with Gasteiger partial charge in [-0.2, -0.15) is 5.10 Å². The van der Waals surface area contributed by atoms with Crippen molar-refractivity contribution >= 4 is 11.7 Å². The Bertz CT molecular complexity index is 615. The molecule has 0 aliphatic heterocycles. The van der Waals surface area contributed by atoms with Gasteiger partial charge in [0.2, 0.25) is 5.91 Å². The fourth-order valence-corrected chi connectivity index (χ4v) is 2.71. The molecule has 0 saturated heterocycles. The zero-order chi connectivity index (χ0) is 14.7. The van der Waals surface area contributed by atoms with E-state index in [1.54, 1.807) is 22.9 Å². The summed E-state index contributed by atoms with van der Waals surface area (Å²) in [6.07, 6.45) is 6.03. The molecule has 0 radical (unpaired) electrons. The lowest BCUT2D eigenvalue weighted by Crippen LogP contribution is -2.20. The molecular weight excluding hydrogens is 269 g/mol. The molecule has 1 heterocycles. The largest absolute Gasteiger partial charge is 0.309 e. The molecule has 5 heteroatoms. The molecule has 0 unspecified atom stereocenters. The number of rotatable bonds is 4. The second-order valence-corrected chi connectivity index (χ2v) is 5.50. The number of nitrogens with one attached hydrogen (secondary N) is 1. The molecule has 1 aromatic heterocycles. The highest BCUT2D eigenvalue weighted by Crippen LogP contribution is 2.25. The summed E-state index contributed by atoms with van der Waals surface area (Å²) in [6, 6.07) is 8.11. The second kappa shape index (κ2) is 6.08. The van der Waals surface area contributed by atoms with Crippen LogP contribution in [0, 0.1) is 11.7 Å². The van der Waals surface area contributed by atoms with Gasteiger partial charge in [0, 0.05) is 18.2 Å². The minimum absolute atomic E-state index is 0.0690. The van der Waals surface area contributed by atoms with E-state index in [4.69, 9.17) is 0 Å². The highest BCUT2D eigenvalue weighted by Gasteiger charge is 2.23. The Labute approximate surface area is 123 Å². The SMILES string of the molecule is O=C(Nc1ccn(Cc2ccc(F)cc2)n1)C1CCCC1. The van der Waals surface area contributed by atoms with Crippen LogP contribution in [0.1, 0.15) is 31.2 Å². The molecule has 1 N–H and O–H groups in total. The molecule has 2 aromatic rings. The molecule has 21 heavy (non-hydrogen) atoms. The van der Waals surface area contributed by atoms with Crippen LogP contribution in [0.2, 0.25) is 0 Å². The van der Waals surface area contributed by atoms with Crippen LogP contribution in [0.5, 0.6) is 0 Å². The molecule has 1 aliphatic rings. The maximum absolute atomic E-state index is 12.9. The molecule has 1 saturated carbocycles. The Hall–Kier alpha value is -2.17. The Morgan fingerprint density at radius 3 is 2.67 bits per heavy atom. The number of amides is 1. The topological polar surface area (TPSA) is 46.9 Å². The fraction of sp³-hybridized carbons (Fsp3) is 0.375. The van der Waals surface area contributed by atoms with Crippen molar-refractivity contribution in [3.8, 4) is 0 Å². The lowest BCUT2D eigenvalue weighted by molar-refractivity contribution is -0.119. The second-order valence-electron chi connectivity index (χ2n) is 5.50. The van der Waals surface area contributed by atoms with Gasteiger partial charge in [-0.05, 0) is 30.5 Å². The van der Waals surface area contributed by atoms with Gasteiger partial charge < -0.3 is 5.32 Å². The summed E-state index contributed by atoms with van der Waals surface area (Å²) in [6.45, 7) is 0.555. The lowest BCUT2D eigenvalue weighted by atomic mass is 10.1. The van der Waals surface area contributed by atoms with E-state index in [0.29, 0.717) is 12.4 Å². The third-order valence-electron chi connectivity index (χ3n) is 3.88. The van der Waals surface area contributed by atoms with Crippen molar-refractivity contribution < 1.29 is 9.18 Å². The van der Waals surface area contributed by atoms with Gasteiger partial charge in [0.25, 0.3) is 0 Å². The Kier molecular flexibility index (Phi) is 3.99. The van der Waals surface area contributed by atoms with Crippen LogP contribution in [0.15, 0.2) is 36.5 Å². The van der Waals surface area contributed by atoms with E-state index in [0.717, 1.165) is 31.2 Å². The van der Waals surface area contributed by atoms with Crippen LogP contribution in [0.4, 0.5) is 10.2 Å². The maximum atomic E-state index is 12.9. The fourth-order valence-electron chi connectivity index (χ4n) is 2.71. The first-order valence-electron chi connectivity index (χ1n) is 7.29. The number of hydrogen-bond acceptors (Lipinski definition) is 2. The summed E-state index contributed by atoms with van der Waals surface area (Å²) in [5.41, 5.74) is 0.966. The number of halogens is 1. The smallest absolute Gasteiger partial charge is 0.228 e. The van der Waals surface area contributed by atoms with E-state index in [1.165, 1.54) is 12.1 Å². The monoisotopic (exact) mass is 287 g/mol. The van der Waals surface area contributed by atoms with Gasteiger partial charge >= 0.3 is 0 Å². The van der Waals surface area contributed by atoms with E-state index in [1.807, 2.05) is 6.20 Å². The molecule has 3 rings (SSSR count). The first-order valence-corrected chi connectivity index (χ1v) is 7.29. The van der Waals surface area contributed by atoms with Crippen LogP contribution < -0.4 is 5.32 Å². The third kappa shape index (κ3) is 3.48. The summed E-state index contributed by atoms with van der Waals surface area (Å²) in [5.74, 6) is 0.532. The molecule has 1 amide bonds. The van der Waals surface area contributed by atoms with Gasteiger partial charge in [0.05, 0.1) is 6.54 Å². The van der Waals surface area contributed by atoms with Crippen LogP contribution in [-0.4, -0.2) is 15.7 Å². The van der Waals surface area contributed by atoms with Crippen molar-refractivity contribution in [2.45, 2.75) is 32.2 Å². The van der Waals surface area contributed by atoms with Gasteiger partial charge in [-0.3, -0.25) is 9.48 Å². The van der Waals surface area contributed by atoms with Crippen LogP contribution in [0.25, 0.3) is 0 Å². The van der Waals surface area contributed by atoms with Crippen molar-refractivity contribution in [2.24, 2.45) is 5.92 Å². The molecule has 1 fully saturated rings. The molecule has 0 spiro atoms. The van der Waals surface area contributed by atoms with E-state index >= 15 is 0 Å². The highest BCUT2D eigenvalue weighted by molar-refractivity contribution is 5.91. The van der Waals surface area contributed by atoms with Crippen molar-refractivity contribution in [1.29, 1.82) is 0 Å². The predicted molar refractivity (Wildman–Crippen MR) is 78.3 cm³/mol. The number of anilines is 1. The number of carbonyl (C=O) groups excluding carboxylic acids is 1. The Morgan fingerprint density at radius 2 is 1.95 bits per heavy atom. The first-order chi connectivity index (χ1) is 10.2. The highest BCUT2D eigenvalue weighted by atomic mass is 19.1. The van der Waals surface area contributed by atoms with Gasteiger partial charge in [-0.1, -0.05) is 25.0 Å². The summed E-state index contributed by atoms with van der Waals surface area (Å²) < 4.78 is 14.6. The molecular formula is C16H18FN3O. The van der Waals surface area contributed by atoms with Crippen LogP contribution >= 0.6 is 0 Å². The predicted octanol–water partition coefficient (Wildman–Crippen LogP) is 3.20. The van der Waals surface area contributed by atoms with E-state index in [-0.39, 0.29) is 17.6 Å². The number of benzene rings is 1. The zero-order valence-corrected chi connectivity index (χ0v) is 11.8. The van der Waals surface area contributed by atoms with Crippen molar-refractivity contribution in [2.75, 3.05) is 5.32 Å². The average molecular weight is 287 g/mol. The molecule has 0 atom stereocenters. The van der Waals surface area contributed by atoms with Crippen molar-refractivity contribution in [3.05, 3.63) is 47.9 Å². The normalized spacial score (nSPS) is 15.3. The molecule has 1 aliphatic carbocycles. The number of carbonyl (C=O) groups is 1. The van der Waals surface area contributed by atoms with Gasteiger partial charge in [0.15, 0.2) is 5.82 Å². The summed E-state index contributed by atoms with van der Waals surface area (Å²) in [4.78, 5) is 12.0. The Balaban J connectivity index is 1.60. The van der Waals surface area contributed by atoms with Gasteiger partial charge in [0.1, 0.15) is 5.82 Å². The standard InChI is InChI=1S/C16H18FN3O/c17-14-7-5-12(6-8-14)11-20-10-9-15(19-20)18-16(21)13-3-1-2-4-13/h5-10,13H,1-4,11H2,(H,18,19,21). The van der Waals surface area contributed by atoms with E-state index in [2.05, 4.69) is 10.4 Å². The van der Waals surface area contributed by atoms with Crippen LogP contribution in [-0.2, 0) is 11.3 Å². The zero-order valence-electron chi connectivity index (χ0n) is 11.8. The quantitative estimate of drug-likeness (QED) is 0.938. The first kappa shape index (κ1) is 13.8. The van der Waals surface area contributed by atoms with E-state index < -0.39 is 0 Å². The molecule has 4 nitrogen and oxygen atoms in total. The van der Waals surface area contributed by atoms with E-state index in [9.17, 15) is 9.18 Å². The molecule has 110 valence electrons.